The number of anilines is 1. The highest BCUT2D eigenvalue weighted by Gasteiger charge is 2.20. The van der Waals surface area contributed by atoms with E-state index in [0.717, 1.165) is 29.7 Å². The number of benzene rings is 2. The fourth-order valence-corrected chi connectivity index (χ4v) is 4.04. The Morgan fingerprint density at radius 2 is 1.67 bits per heavy atom. The zero-order chi connectivity index (χ0) is 16.1. The van der Waals surface area contributed by atoms with Crippen LogP contribution in [0.2, 0.25) is 0 Å². The van der Waals surface area contributed by atoms with Gasteiger partial charge >= 0.3 is 0 Å². The summed E-state index contributed by atoms with van der Waals surface area (Å²) in [4.78, 5) is 8.39. The van der Waals surface area contributed by atoms with Crippen LogP contribution in [-0.4, -0.2) is 9.97 Å². The molecule has 118 valence electrons. The molecule has 0 bridgehead atoms. The van der Waals surface area contributed by atoms with Crippen molar-refractivity contribution in [3.63, 3.8) is 0 Å². The lowest BCUT2D eigenvalue weighted by molar-refractivity contribution is 0.689. The molecule has 0 amide bonds. The van der Waals surface area contributed by atoms with Crippen LogP contribution in [0.25, 0.3) is 33.1 Å². The summed E-state index contributed by atoms with van der Waals surface area (Å²) in [5.41, 5.74) is 14.1. The Kier molecular flexibility index (Phi) is 2.89. The van der Waals surface area contributed by atoms with Gasteiger partial charge in [0.1, 0.15) is 0 Å². The third kappa shape index (κ3) is 1.94. The number of rotatable bonds is 1. The number of aryl methyl sites for hydroxylation is 1. The summed E-state index contributed by atoms with van der Waals surface area (Å²) in [5.74, 6) is 0. The third-order valence-electron chi connectivity index (χ3n) is 5.18. The molecule has 5 rings (SSSR count). The molecular weight excluding hydrogens is 294 g/mol. The lowest BCUT2D eigenvalue weighted by atomic mass is 9.85. The van der Waals surface area contributed by atoms with Gasteiger partial charge < -0.3 is 10.7 Å². The first-order valence-electron chi connectivity index (χ1n) is 8.59. The van der Waals surface area contributed by atoms with Crippen molar-refractivity contribution in [3.05, 3.63) is 59.8 Å². The van der Waals surface area contributed by atoms with E-state index in [4.69, 9.17) is 10.7 Å². The van der Waals surface area contributed by atoms with Crippen molar-refractivity contribution in [2.75, 3.05) is 5.73 Å². The number of H-pyrrole nitrogens is 1. The Hall–Kier alpha value is -2.81. The maximum absolute atomic E-state index is 5.86. The van der Waals surface area contributed by atoms with Gasteiger partial charge in [-0.25, -0.2) is 4.98 Å². The van der Waals surface area contributed by atoms with Crippen LogP contribution in [0.15, 0.2) is 48.7 Å². The monoisotopic (exact) mass is 313 g/mol. The maximum atomic E-state index is 5.86. The number of nitrogen functional groups attached to an aromatic ring is 1. The number of fused-ring (bicyclic) bond motifs is 5. The molecule has 1 aliphatic carbocycles. The summed E-state index contributed by atoms with van der Waals surface area (Å²) in [7, 11) is 0. The van der Waals surface area contributed by atoms with Gasteiger partial charge in [0.25, 0.3) is 0 Å². The van der Waals surface area contributed by atoms with Crippen LogP contribution in [0, 0.1) is 0 Å². The van der Waals surface area contributed by atoms with E-state index in [1.54, 1.807) is 0 Å². The number of pyridine rings is 1. The van der Waals surface area contributed by atoms with Crippen molar-refractivity contribution in [1.82, 2.24) is 9.97 Å². The van der Waals surface area contributed by atoms with E-state index in [9.17, 15) is 0 Å². The molecular formula is C21H19N3. The van der Waals surface area contributed by atoms with Gasteiger partial charge in [-0.15, -0.1) is 0 Å². The van der Waals surface area contributed by atoms with Crippen LogP contribution in [0.1, 0.15) is 24.0 Å². The van der Waals surface area contributed by atoms with Crippen molar-refractivity contribution in [1.29, 1.82) is 0 Å². The van der Waals surface area contributed by atoms with Gasteiger partial charge in [0, 0.05) is 33.7 Å². The van der Waals surface area contributed by atoms with E-state index in [1.165, 1.54) is 45.8 Å². The predicted octanol–water partition coefficient (Wildman–Crippen LogP) is 4.84. The Morgan fingerprint density at radius 3 is 2.50 bits per heavy atom. The quantitative estimate of drug-likeness (QED) is 0.494. The molecule has 0 unspecified atom stereocenters. The van der Waals surface area contributed by atoms with Gasteiger partial charge in [-0.05, 0) is 67.1 Å². The van der Waals surface area contributed by atoms with E-state index in [2.05, 4.69) is 35.3 Å². The van der Waals surface area contributed by atoms with E-state index < -0.39 is 0 Å². The second kappa shape index (κ2) is 5.10. The first-order valence-corrected chi connectivity index (χ1v) is 8.59. The summed E-state index contributed by atoms with van der Waals surface area (Å²) in [5, 5.41) is 2.63. The number of nitrogens with zero attached hydrogens (tertiary/aromatic N) is 1. The van der Waals surface area contributed by atoms with Crippen molar-refractivity contribution < 1.29 is 0 Å². The van der Waals surface area contributed by atoms with Gasteiger partial charge in [-0.1, -0.05) is 12.1 Å². The maximum Gasteiger partial charge on any atom is 0.0744 e. The number of aromatic nitrogens is 2. The van der Waals surface area contributed by atoms with Gasteiger partial charge in [0.05, 0.1) is 11.2 Å². The Bertz CT molecular complexity index is 1060. The Labute approximate surface area is 140 Å². The first-order chi connectivity index (χ1) is 11.8. The van der Waals surface area contributed by atoms with Crippen molar-refractivity contribution in [2.24, 2.45) is 0 Å². The third-order valence-corrected chi connectivity index (χ3v) is 5.18. The number of nitrogens with two attached hydrogens (primary N) is 1. The Morgan fingerprint density at radius 1 is 0.875 bits per heavy atom. The molecule has 2 heterocycles. The molecule has 0 saturated carbocycles. The molecule has 1 aliphatic rings. The molecule has 3 nitrogen and oxygen atoms in total. The SMILES string of the molecule is Nc1ccc(-c2nc3ccc4[nH]ccc4c3c3c2CCCC3)cc1. The summed E-state index contributed by atoms with van der Waals surface area (Å²) >= 11 is 0. The number of hydrogen-bond acceptors (Lipinski definition) is 2. The summed E-state index contributed by atoms with van der Waals surface area (Å²) in [6.45, 7) is 0. The number of nitrogens with one attached hydrogen (secondary N) is 1. The van der Waals surface area contributed by atoms with Gasteiger partial charge in [-0.3, -0.25) is 0 Å². The smallest absolute Gasteiger partial charge is 0.0744 e. The van der Waals surface area contributed by atoms with Crippen molar-refractivity contribution in [2.45, 2.75) is 25.7 Å². The van der Waals surface area contributed by atoms with Crippen LogP contribution in [0.3, 0.4) is 0 Å². The minimum atomic E-state index is 0.794. The fraction of sp³-hybridized carbons (Fsp3) is 0.190. The lowest BCUT2D eigenvalue weighted by Crippen LogP contribution is -2.07. The van der Waals surface area contributed by atoms with E-state index in [0.29, 0.717) is 0 Å². The topological polar surface area (TPSA) is 54.7 Å². The lowest BCUT2D eigenvalue weighted by Gasteiger charge is -2.22. The molecule has 0 radical (unpaired) electrons. The highest BCUT2D eigenvalue weighted by atomic mass is 14.7. The van der Waals surface area contributed by atoms with Gasteiger partial charge in [0.15, 0.2) is 0 Å². The minimum Gasteiger partial charge on any atom is -0.399 e. The molecule has 24 heavy (non-hydrogen) atoms. The summed E-state index contributed by atoms with van der Waals surface area (Å²) in [6.07, 6.45) is 6.77. The van der Waals surface area contributed by atoms with Gasteiger partial charge in [-0.2, -0.15) is 0 Å². The Balaban J connectivity index is 1.88. The molecule has 0 atom stereocenters. The number of aromatic amines is 1. The molecule has 0 aliphatic heterocycles. The largest absolute Gasteiger partial charge is 0.399 e. The second-order valence-electron chi connectivity index (χ2n) is 6.65. The molecule has 0 fully saturated rings. The summed E-state index contributed by atoms with van der Waals surface area (Å²) < 4.78 is 0. The zero-order valence-electron chi connectivity index (χ0n) is 13.5. The highest BCUT2D eigenvalue weighted by Crippen LogP contribution is 2.38. The van der Waals surface area contributed by atoms with Crippen molar-refractivity contribution >= 4 is 27.5 Å². The number of hydrogen-bond donors (Lipinski definition) is 2. The van der Waals surface area contributed by atoms with E-state index in [-0.39, 0.29) is 0 Å². The van der Waals surface area contributed by atoms with Crippen LogP contribution >= 0.6 is 0 Å². The normalized spacial score (nSPS) is 14.2. The van der Waals surface area contributed by atoms with Gasteiger partial charge in [0.2, 0.25) is 0 Å². The molecule has 2 aromatic heterocycles. The molecule has 0 saturated heterocycles. The molecule has 4 aromatic rings. The average Bonchev–Trinajstić information content (AvgIpc) is 3.10. The first kappa shape index (κ1) is 13.6. The average molecular weight is 313 g/mol. The molecule has 3 heteroatoms. The zero-order valence-corrected chi connectivity index (χ0v) is 13.5. The highest BCUT2D eigenvalue weighted by molar-refractivity contribution is 6.08. The molecule has 2 aromatic carbocycles. The van der Waals surface area contributed by atoms with Crippen LogP contribution in [0.5, 0.6) is 0 Å². The van der Waals surface area contributed by atoms with Crippen LogP contribution in [-0.2, 0) is 12.8 Å². The molecule has 3 N–H and O–H groups in total. The standard InChI is InChI=1S/C21H19N3/c22-14-7-5-13(6-8-14)21-16-4-2-1-3-15(16)20-17-11-12-23-18(17)9-10-19(20)24-21/h5-12,23H,1-4,22H2. The van der Waals surface area contributed by atoms with Crippen LogP contribution in [0.4, 0.5) is 5.69 Å². The summed E-state index contributed by atoms with van der Waals surface area (Å²) in [6, 6.07) is 14.6. The molecule has 0 spiro atoms. The second-order valence-corrected chi connectivity index (χ2v) is 6.65. The predicted molar refractivity (Wildman–Crippen MR) is 100 cm³/mol. The fourth-order valence-electron chi connectivity index (χ4n) is 4.04. The van der Waals surface area contributed by atoms with E-state index >= 15 is 0 Å². The van der Waals surface area contributed by atoms with E-state index in [1.807, 2.05) is 18.3 Å². The minimum absolute atomic E-state index is 0.794. The van der Waals surface area contributed by atoms with Crippen molar-refractivity contribution in [3.8, 4) is 11.3 Å². The van der Waals surface area contributed by atoms with Crippen LogP contribution < -0.4 is 5.73 Å².